The molecule has 2 aromatic carbocycles. The summed E-state index contributed by atoms with van der Waals surface area (Å²) in [5, 5.41) is 6.12. The lowest BCUT2D eigenvalue weighted by Gasteiger charge is -2.34. The highest BCUT2D eigenvalue weighted by Crippen LogP contribution is 2.31. The molecular formula is C29H40ClN3O4S. The van der Waals surface area contributed by atoms with Gasteiger partial charge in [0.2, 0.25) is 5.91 Å². The molecule has 0 aromatic heterocycles. The first-order valence-electron chi connectivity index (χ1n) is 12.7. The summed E-state index contributed by atoms with van der Waals surface area (Å²) in [5.41, 5.74) is 3.23. The van der Waals surface area contributed by atoms with Gasteiger partial charge < -0.3 is 20.3 Å². The molecule has 0 fully saturated rings. The normalized spacial score (nSPS) is 12.9. The van der Waals surface area contributed by atoms with Crippen molar-refractivity contribution in [1.82, 2.24) is 10.2 Å². The summed E-state index contributed by atoms with van der Waals surface area (Å²) in [7, 11) is 0. The van der Waals surface area contributed by atoms with E-state index in [0.717, 1.165) is 16.7 Å². The van der Waals surface area contributed by atoms with Gasteiger partial charge in [0.1, 0.15) is 17.7 Å². The van der Waals surface area contributed by atoms with E-state index in [4.69, 9.17) is 16.3 Å². The van der Waals surface area contributed by atoms with Crippen molar-refractivity contribution in [1.29, 1.82) is 0 Å². The van der Waals surface area contributed by atoms with Gasteiger partial charge in [0.25, 0.3) is 5.91 Å². The zero-order valence-electron chi connectivity index (χ0n) is 23.6. The maximum absolute atomic E-state index is 14.0. The Morgan fingerprint density at radius 2 is 1.68 bits per heavy atom. The minimum atomic E-state index is -0.944. The number of rotatable bonds is 10. The number of likely N-dealkylation sites (N-methyl/N-ethyl adjacent to an activating group) is 1. The molecule has 0 saturated carbocycles. The van der Waals surface area contributed by atoms with Crippen LogP contribution >= 0.6 is 23.4 Å². The average Bonchev–Trinajstić information content (AvgIpc) is 2.83. The second kappa shape index (κ2) is 13.9. The summed E-state index contributed by atoms with van der Waals surface area (Å²) in [5.74, 6) is -0.0987. The number of nitrogens with zero attached hydrogens (tertiary/aromatic N) is 1. The number of carbonyl (C=O) groups excluding carboxylic acids is 3. The highest BCUT2D eigenvalue weighted by Gasteiger charge is 2.36. The van der Waals surface area contributed by atoms with Crippen molar-refractivity contribution in [3.05, 3.63) is 63.7 Å². The number of nitrogens with one attached hydrogen (secondary N) is 2. The first kappa shape index (κ1) is 31.5. The molecule has 0 heterocycles. The fourth-order valence-electron chi connectivity index (χ4n) is 4.11. The number of aryl methyl sites for hydroxylation is 2. The number of benzene rings is 2. The maximum Gasteiger partial charge on any atom is 0.408 e. The van der Waals surface area contributed by atoms with Crippen LogP contribution in [0, 0.1) is 20.8 Å². The van der Waals surface area contributed by atoms with Crippen molar-refractivity contribution in [2.24, 2.45) is 0 Å². The summed E-state index contributed by atoms with van der Waals surface area (Å²) < 4.78 is 5.42. The van der Waals surface area contributed by atoms with Crippen molar-refractivity contribution in [2.45, 2.75) is 72.6 Å². The predicted octanol–water partition coefficient (Wildman–Crippen LogP) is 6.44. The van der Waals surface area contributed by atoms with Gasteiger partial charge in [-0.2, -0.15) is 11.8 Å². The molecule has 2 atom stereocenters. The number of thioether (sulfide) groups is 1. The monoisotopic (exact) mass is 561 g/mol. The standard InChI is InChI=1S/C29H40ClN3O4S/c1-9-33(27(35)23(16-17-38-8)31-28(36)37-29(5,6)7)25(21-14-10-12-18(2)20(21)4)26(34)32-24-19(3)13-11-15-22(24)30/h10-15,23,25H,9,16-17H2,1-8H3,(H,31,36)(H,32,34). The van der Waals surface area contributed by atoms with Crippen LogP contribution in [0.2, 0.25) is 5.02 Å². The van der Waals surface area contributed by atoms with Gasteiger partial charge in [-0.25, -0.2) is 4.79 Å². The third-order valence-corrected chi connectivity index (χ3v) is 7.15. The zero-order chi connectivity index (χ0) is 28.6. The third kappa shape index (κ3) is 8.40. The summed E-state index contributed by atoms with van der Waals surface area (Å²) in [6, 6.07) is 9.29. The first-order valence-corrected chi connectivity index (χ1v) is 14.5. The SMILES string of the molecule is CCN(C(=O)C(CCSC)NC(=O)OC(C)(C)C)C(C(=O)Nc1c(C)cccc1Cl)c1cccc(C)c1C. The number of hydrogen-bond acceptors (Lipinski definition) is 5. The maximum atomic E-state index is 14.0. The van der Waals surface area contributed by atoms with E-state index in [2.05, 4.69) is 10.6 Å². The van der Waals surface area contributed by atoms with Gasteiger partial charge in [0, 0.05) is 6.54 Å². The summed E-state index contributed by atoms with van der Waals surface area (Å²) in [4.78, 5) is 42.1. The van der Waals surface area contributed by atoms with Gasteiger partial charge in [0.05, 0.1) is 10.7 Å². The number of anilines is 1. The summed E-state index contributed by atoms with van der Waals surface area (Å²) in [6.45, 7) is 13.1. The molecule has 7 nitrogen and oxygen atoms in total. The quantitative estimate of drug-likeness (QED) is 0.348. The Balaban J connectivity index is 2.54. The number of carbonyl (C=O) groups is 3. The van der Waals surface area contributed by atoms with E-state index < -0.39 is 23.8 Å². The Bertz CT molecular complexity index is 1130. The van der Waals surface area contributed by atoms with E-state index in [1.807, 2.05) is 64.3 Å². The fourth-order valence-corrected chi connectivity index (χ4v) is 4.85. The third-order valence-electron chi connectivity index (χ3n) is 6.19. The number of hydrogen-bond donors (Lipinski definition) is 2. The summed E-state index contributed by atoms with van der Waals surface area (Å²) in [6.07, 6.45) is 1.65. The van der Waals surface area contributed by atoms with E-state index in [1.165, 1.54) is 4.90 Å². The van der Waals surface area contributed by atoms with Crippen LogP contribution in [0.3, 0.4) is 0 Å². The van der Waals surface area contributed by atoms with E-state index in [-0.39, 0.29) is 18.4 Å². The Morgan fingerprint density at radius 1 is 1.05 bits per heavy atom. The zero-order valence-corrected chi connectivity index (χ0v) is 25.2. The molecule has 9 heteroatoms. The predicted molar refractivity (Wildman–Crippen MR) is 157 cm³/mol. The molecule has 0 bridgehead atoms. The van der Waals surface area contributed by atoms with Crippen molar-refractivity contribution in [3.8, 4) is 0 Å². The molecule has 2 unspecified atom stereocenters. The Morgan fingerprint density at radius 3 is 2.26 bits per heavy atom. The van der Waals surface area contributed by atoms with Crippen LogP contribution in [0.15, 0.2) is 36.4 Å². The van der Waals surface area contributed by atoms with Crippen molar-refractivity contribution < 1.29 is 19.1 Å². The van der Waals surface area contributed by atoms with Crippen LogP contribution in [0.1, 0.15) is 62.4 Å². The minimum absolute atomic E-state index is 0.248. The molecule has 0 spiro atoms. The number of halogens is 1. The molecule has 2 rings (SSSR count). The molecule has 0 radical (unpaired) electrons. The fraction of sp³-hybridized carbons (Fsp3) is 0.483. The van der Waals surface area contributed by atoms with Crippen LogP contribution in [0.4, 0.5) is 10.5 Å². The molecule has 0 saturated heterocycles. The lowest BCUT2D eigenvalue weighted by Crippen LogP contribution is -2.52. The second-order valence-electron chi connectivity index (χ2n) is 10.2. The molecular weight excluding hydrogens is 522 g/mol. The molecule has 0 aliphatic rings. The smallest absolute Gasteiger partial charge is 0.408 e. The van der Waals surface area contributed by atoms with Gasteiger partial charge in [-0.1, -0.05) is 41.9 Å². The Kier molecular flexibility index (Phi) is 11.5. The topological polar surface area (TPSA) is 87.7 Å². The number of ether oxygens (including phenoxy) is 1. The van der Waals surface area contributed by atoms with Gasteiger partial charge in [0.15, 0.2) is 0 Å². The lowest BCUT2D eigenvalue weighted by molar-refractivity contribution is -0.140. The van der Waals surface area contributed by atoms with E-state index in [1.54, 1.807) is 38.6 Å². The highest BCUT2D eigenvalue weighted by molar-refractivity contribution is 7.98. The minimum Gasteiger partial charge on any atom is -0.444 e. The molecule has 0 aliphatic carbocycles. The molecule has 2 aromatic rings. The number of para-hydroxylation sites is 1. The van der Waals surface area contributed by atoms with E-state index in [9.17, 15) is 14.4 Å². The largest absolute Gasteiger partial charge is 0.444 e. The van der Waals surface area contributed by atoms with Crippen LogP contribution < -0.4 is 10.6 Å². The molecule has 208 valence electrons. The van der Waals surface area contributed by atoms with Gasteiger partial charge in [-0.15, -0.1) is 0 Å². The highest BCUT2D eigenvalue weighted by atomic mass is 35.5. The first-order chi connectivity index (χ1) is 17.8. The van der Waals surface area contributed by atoms with Crippen molar-refractivity contribution in [3.63, 3.8) is 0 Å². The molecule has 2 N–H and O–H groups in total. The molecule has 38 heavy (non-hydrogen) atoms. The van der Waals surface area contributed by atoms with E-state index in [0.29, 0.717) is 28.4 Å². The van der Waals surface area contributed by atoms with Crippen LogP contribution in [-0.2, 0) is 14.3 Å². The van der Waals surface area contributed by atoms with Crippen LogP contribution in [-0.4, -0.2) is 53.0 Å². The Labute approximate surface area is 236 Å². The lowest BCUT2D eigenvalue weighted by atomic mass is 9.94. The van der Waals surface area contributed by atoms with Crippen LogP contribution in [0.25, 0.3) is 0 Å². The van der Waals surface area contributed by atoms with Gasteiger partial charge in [-0.3, -0.25) is 9.59 Å². The molecule has 3 amide bonds. The van der Waals surface area contributed by atoms with Crippen molar-refractivity contribution in [2.75, 3.05) is 23.9 Å². The second-order valence-corrected chi connectivity index (χ2v) is 11.6. The number of amides is 3. The van der Waals surface area contributed by atoms with E-state index >= 15 is 0 Å². The van der Waals surface area contributed by atoms with Gasteiger partial charge >= 0.3 is 6.09 Å². The Hall–Kier alpha value is -2.71. The van der Waals surface area contributed by atoms with Crippen LogP contribution in [0.5, 0.6) is 0 Å². The summed E-state index contributed by atoms with van der Waals surface area (Å²) >= 11 is 7.99. The average molecular weight is 562 g/mol. The van der Waals surface area contributed by atoms with Crippen molar-refractivity contribution >= 4 is 47.0 Å². The van der Waals surface area contributed by atoms with Gasteiger partial charge in [-0.05, 0) is 95.2 Å². The molecule has 0 aliphatic heterocycles. The number of alkyl carbamates (subject to hydrolysis) is 1.